The van der Waals surface area contributed by atoms with E-state index in [0.29, 0.717) is 0 Å². The quantitative estimate of drug-likeness (QED) is 0.0574. The minimum absolute atomic E-state index is 0. The first-order valence-electron chi connectivity index (χ1n) is 26.1. The summed E-state index contributed by atoms with van der Waals surface area (Å²) in [7, 11) is 0. The number of ether oxygens (including phenoxy) is 4. The molecule has 0 rings (SSSR count). The van der Waals surface area contributed by atoms with E-state index >= 15 is 0 Å². The largest absolute Gasteiger partial charge is 0.412 e. The van der Waals surface area contributed by atoms with E-state index in [1.165, 1.54) is 257 Å². The molecule has 0 aromatic heterocycles. The molecule has 348 valence electrons. The molecule has 0 amide bonds. The molecule has 0 saturated heterocycles. The highest BCUT2D eigenvalue weighted by atomic mass is 16.5. The zero-order chi connectivity index (χ0) is 40.8. The van der Waals surface area contributed by atoms with Crippen LogP contribution in [0.2, 0.25) is 0 Å². The third-order valence-corrected chi connectivity index (χ3v) is 11.3. The van der Waals surface area contributed by atoms with E-state index in [2.05, 4.69) is 27.7 Å². The molecular weight excluding hydrogens is 705 g/mol. The molecule has 0 heterocycles. The van der Waals surface area contributed by atoms with E-state index in [0.717, 1.165) is 52.9 Å². The second kappa shape index (κ2) is 62.5. The predicted octanol–water partition coefficient (Wildman–Crippen LogP) is 16.9. The molecule has 5 nitrogen and oxygen atoms in total. The lowest BCUT2D eigenvalue weighted by Crippen LogP contribution is -2.06. The summed E-state index contributed by atoms with van der Waals surface area (Å²) >= 11 is 0. The van der Waals surface area contributed by atoms with Crippen LogP contribution in [0, 0.1) is 0 Å². The summed E-state index contributed by atoms with van der Waals surface area (Å²) < 4.78 is 22.7. The SMILES string of the molecule is CCCCCCCCCCCCOCCOCCCCCCCCCCCC.CCCCCCCCCCCCOCCOCCCCCCCCCCCC.O. The first-order valence-corrected chi connectivity index (χ1v) is 26.1. The Morgan fingerprint density at radius 2 is 0.281 bits per heavy atom. The summed E-state index contributed by atoms with van der Waals surface area (Å²) in [6.07, 6.45) is 55.4. The van der Waals surface area contributed by atoms with Crippen LogP contribution in [0.3, 0.4) is 0 Å². The van der Waals surface area contributed by atoms with Gasteiger partial charge in [0.1, 0.15) is 0 Å². The van der Waals surface area contributed by atoms with Crippen LogP contribution in [-0.4, -0.2) is 58.3 Å². The van der Waals surface area contributed by atoms with Gasteiger partial charge in [-0.3, -0.25) is 0 Å². The van der Waals surface area contributed by atoms with Crippen LogP contribution in [0.4, 0.5) is 0 Å². The van der Waals surface area contributed by atoms with Gasteiger partial charge >= 0.3 is 0 Å². The van der Waals surface area contributed by atoms with Crippen molar-refractivity contribution in [1.82, 2.24) is 0 Å². The summed E-state index contributed by atoms with van der Waals surface area (Å²) in [6.45, 7) is 15.9. The van der Waals surface area contributed by atoms with Crippen molar-refractivity contribution in [2.75, 3.05) is 52.9 Å². The fourth-order valence-corrected chi connectivity index (χ4v) is 7.41. The lowest BCUT2D eigenvalue weighted by Gasteiger charge is -2.06. The van der Waals surface area contributed by atoms with Crippen molar-refractivity contribution in [3.63, 3.8) is 0 Å². The molecule has 57 heavy (non-hydrogen) atoms. The van der Waals surface area contributed by atoms with E-state index in [9.17, 15) is 0 Å². The zero-order valence-electron chi connectivity index (χ0n) is 40.1. The first-order chi connectivity index (χ1) is 27.8. The molecule has 0 saturated carbocycles. The van der Waals surface area contributed by atoms with Crippen LogP contribution < -0.4 is 0 Å². The van der Waals surface area contributed by atoms with E-state index < -0.39 is 0 Å². The van der Waals surface area contributed by atoms with Gasteiger partial charge in [-0.15, -0.1) is 0 Å². The summed E-state index contributed by atoms with van der Waals surface area (Å²) in [5, 5.41) is 0. The van der Waals surface area contributed by atoms with E-state index in [-0.39, 0.29) is 5.48 Å². The maximum absolute atomic E-state index is 5.68. The Balaban J connectivity index is -0.00000101. The molecule has 5 heteroatoms. The second-order valence-electron chi connectivity index (χ2n) is 17.2. The Morgan fingerprint density at radius 1 is 0.158 bits per heavy atom. The topological polar surface area (TPSA) is 68.4 Å². The first kappa shape index (κ1) is 61.1. The molecule has 0 aromatic rings. The fraction of sp³-hybridized carbons (Fsp3) is 1.00. The van der Waals surface area contributed by atoms with Crippen LogP contribution in [0.5, 0.6) is 0 Å². The van der Waals surface area contributed by atoms with Crippen LogP contribution in [0.1, 0.15) is 285 Å². The van der Waals surface area contributed by atoms with Crippen LogP contribution in [-0.2, 0) is 18.9 Å². The summed E-state index contributed by atoms with van der Waals surface area (Å²) in [6, 6.07) is 0. The van der Waals surface area contributed by atoms with Gasteiger partial charge in [0.05, 0.1) is 26.4 Å². The lowest BCUT2D eigenvalue weighted by atomic mass is 10.1. The van der Waals surface area contributed by atoms with Gasteiger partial charge < -0.3 is 24.4 Å². The van der Waals surface area contributed by atoms with E-state index in [4.69, 9.17) is 18.9 Å². The maximum atomic E-state index is 5.68. The van der Waals surface area contributed by atoms with Gasteiger partial charge in [-0.1, -0.05) is 259 Å². The van der Waals surface area contributed by atoms with Gasteiger partial charge in [-0.2, -0.15) is 0 Å². The third kappa shape index (κ3) is 65.1. The highest BCUT2D eigenvalue weighted by Gasteiger charge is 1.98. The number of hydrogen-bond acceptors (Lipinski definition) is 4. The van der Waals surface area contributed by atoms with E-state index in [1.807, 2.05) is 0 Å². The second-order valence-corrected chi connectivity index (χ2v) is 17.2. The molecule has 2 N–H and O–H groups in total. The van der Waals surface area contributed by atoms with Crippen molar-refractivity contribution in [3.8, 4) is 0 Å². The van der Waals surface area contributed by atoms with Crippen molar-refractivity contribution < 1.29 is 24.4 Å². The van der Waals surface area contributed by atoms with Crippen LogP contribution in [0.15, 0.2) is 0 Å². The van der Waals surface area contributed by atoms with Crippen molar-refractivity contribution in [2.24, 2.45) is 0 Å². The molecule has 0 bridgehead atoms. The molecule has 0 aliphatic heterocycles. The number of hydrogen-bond donors (Lipinski definition) is 0. The van der Waals surface area contributed by atoms with Gasteiger partial charge in [0.15, 0.2) is 0 Å². The normalized spacial score (nSPS) is 11.2. The number of unbranched alkanes of at least 4 members (excludes halogenated alkanes) is 36. The lowest BCUT2D eigenvalue weighted by molar-refractivity contribution is 0.0448. The standard InChI is InChI=1S/2C26H54O2.H2O/c2*1-3-5-7-9-11-13-15-17-19-21-23-27-25-26-28-24-22-20-18-16-14-12-10-8-6-4-2;/h2*3-26H2,1-2H3;1H2. The van der Waals surface area contributed by atoms with Crippen molar-refractivity contribution in [2.45, 2.75) is 285 Å². The van der Waals surface area contributed by atoms with Crippen molar-refractivity contribution >= 4 is 0 Å². The Hall–Kier alpha value is -0.200. The number of rotatable bonds is 50. The van der Waals surface area contributed by atoms with Gasteiger partial charge in [-0.05, 0) is 25.7 Å². The molecule has 0 atom stereocenters. The summed E-state index contributed by atoms with van der Waals surface area (Å²) in [4.78, 5) is 0. The molecule has 0 aromatic carbocycles. The monoisotopic (exact) mass is 815 g/mol. The van der Waals surface area contributed by atoms with E-state index in [1.54, 1.807) is 0 Å². The van der Waals surface area contributed by atoms with Gasteiger partial charge in [0.25, 0.3) is 0 Å². The molecule has 0 spiro atoms. The van der Waals surface area contributed by atoms with Crippen LogP contribution in [0.25, 0.3) is 0 Å². The smallest absolute Gasteiger partial charge is 0.0700 e. The average molecular weight is 815 g/mol. The Morgan fingerprint density at radius 3 is 0.421 bits per heavy atom. The van der Waals surface area contributed by atoms with Gasteiger partial charge in [0, 0.05) is 26.4 Å². The fourth-order valence-electron chi connectivity index (χ4n) is 7.41. The van der Waals surface area contributed by atoms with Gasteiger partial charge in [-0.25, -0.2) is 0 Å². The summed E-state index contributed by atoms with van der Waals surface area (Å²) in [5.41, 5.74) is 0. The minimum atomic E-state index is 0. The third-order valence-electron chi connectivity index (χ3n) is 11.3. The molecule has 0 aliphatic carbocycles. The molecule has 0 fully saturated rings. The highest BCUT2D eigenvalue weighted by Crippen LogP contribution is 2.14. The van der Waals surface area contributed by atoms with Gasteiger partial charge in [0.2, 0.25) is 0 Å². The molecule has 0 radical (unpaired) electrons. The minimum Gasteiger partial charge on any atom is -0.412 e. The molecule has 0 aliphatic rings. The maximum Gasteiger partial charge on any atom is 0.0700 e. The predicted molar refractivity (Wildman–Crippen MR) is 254 cm³/mol. The average Bonchev–Trinajstić information content (AvgIpc) is 3.21. The highest BCUT2D eigenvalue weighted by molar-refractivity contribution is 4.51. The van der Waals surface area contributed by atoms with Crippen molar-refractivity contribution in [3.05, 3.63) is 0 Å². The summed E-state index contributed by atoms with van der Waals surface area (Å²) in [5.74, 6) is 0. The molecular formula is C52H110O5. The Kier molecular flexibility index (Phi) is 66.9. The zero-order valence-corrected chi connectivity index (χ0v) is 40.1. The Labute approximate surface area is 360 Å². The molecule has 0 unspecified atom stereocenters. The van der Waals surface area contributed by atoms with Crippen LogP contribution >= 0.6 is 0 Å². The van der Waals surface area contributed by atoms with Crippen molar-refractivity contribution in [1.29, 1.82) is 0 Å². The Bertz CT molecular complexity index is 513.